The number of thioether (sulfide) groups is 1. The lowest BCUT2D eigenvalue weighted by Crippen LogP contribution is -2.48. The summed E-state index contributed by atoms with van der Waals surface area (Å²) in [6.07, 6.45) is 6.64. The van der Waals surface area contributed by atoms with Crippen molar-refractivity contribution in [2.45, 2.75) is 58.0 Å². The van der Waals surface area contributed by atoms with Crippen LogP contribution in [-0.4, -0.2) is 26.9 Å². The third-order valence-corrected chi connectivity index (χ3v) is 8.38. The molecule has 1 saturated heterocycles. The number of benzene rings is 2. The molecule has 3 atom stereocenters. The van der Waals surface area contributed by atoms with Crippen molar-refractivity contribution >= 4 is 29.4 Å². The van der Waals surface area contributed by atoms with Gasteiger partial charge in [-0.05, 0) is 86.7 Å². The zero-order valence-corrected chi connectivity index (χ0v) is 21.3. The molecule has 1 unspecified atom stereocenters. The molecule has 6 heteroatoms. The van der Waals surface area contributed by atoms with Gasteiger partial charge in [0.25, 0.3) is 5.91 Å². The fraction of sp³-hybridized carbons (Fsp3) is 0.345. The number of carbonyl (C=O) groups is 1. The molecule has 0 spiro atoms. The van der Waals surface area contributed by atoms with Crippen molar-refractivity contribution in [3.8, 4) is 5.69 Å². The zero-order valence-electron chi connectivity index (χ0n) is 20.5. The topological polar surface area (TPSA) is 37.3 Å². The molecule has 3 aromatic rings. The third kappa shape index (κ3) is 4.76. The van der Waals surface area contributed by atoms with Gasteiger partial charge in [-0.1, -0.05) is 49.7 Å². The standard InChI is InChI=1S/C29H32FN3OS/c1-19-9-7-8-12-26(19)33-28(34)27(35-29(33)31-24-10-5-4-6-11-24)18-22-17-20(2)32(21(22)3)25-15-13-23(30)14-16-25/h4-6,10-11,13-19,26,29,31H,7-9,12H2,1-3H3/b27-18-/t19-,26+,29?/m0/s1. The number of para-hydroxylation sites is 1. The Hall–Kier alpha value is -2.99. The smallest absolute Gasteiger partial charge is 0.262 e. The number of aryl methyl sites for hydroxylation is 1. The van der Waals surface area contributed by atoms with E-state index in [4.69, 9.17) is 0 Å². The molecule has 0 radical (unpaired) electrons. The summed E-state index contributed by atoms with van der Waals surface area (Å²) in [5, 5.41) is 3.60. The van der Waals surface area contributed by atoms with E-state index in [1.807, 2.05) is 50.3 Å². The number of aromatic nitrogens is 1. The van der Waals surface area contributed by atoms with Crippen molar-refractivity contribution in [3.05, 3.63) is 88.3 Å². The Bertz CT molecular complexity index is 1230. The fourth-order valence-corrected chi connectivity index (χ4v) is 6.63. The number of hydrogen-bond donors (Lipinski definition) is 1. The van der Waals surface area contributed by atoms with E-state index in [2.05, 4.69) is 27.8 Å². The molecule has 2 fully saturated rings. The first-order valence-corrected chi connectivity index (χ1v) is 13.3. The van der Waals surface area contributed by atoms with E-state index in [-0.39, 0.29) is 23.3 Å². The van der Waals surface area contributed by atoms with Crippen molar-refractivity contribution < 1.29 is 9.18 Å². The average Bonchev–Trinajstić information content (AvgIpc) is 3.30. The predicted molar refractivity (Wildman–Crippen MR) is 143 cm³/mol. The van der Waals surface area contributed by atoms with Crippen molar-refractivity contribution in [2.75, 3.05) is 5.32 Å². The molecule has 1 aliphatic carbocycles. The summed E-state index contributed by atoms with van der Waals surface area (Å²) in [4.78, 5) is 16.7. The highest BCUT2D eigenvalue weighted by Crippen LogP contribution is 2.42. The summed E-state index contributed by atoms with van der Waals surface area (Å²) in [5.74, 6) is 0.338. The monoisotopic (exact) mass is 489 g/mol. The van der Waals surface area contributed by atoms with Crippen LogP contribution in [0.25, 0.3) is 11.8 Å². The van der Waals surface area contributed by atoms with Crippen molar-refractivity contribution in [1.82, 2.24) is 9.47 Å². The van der Waals surface area contributed by atoms with Gasteiger partial charge in [-0.15, -0.1) is 0 Å². The number of rotatable bonds is 5. The van der Waals surface area contributed by atoms with Crippen molar-refractivity contribution in [1.29, 1.82) is 0 Å². The van der Waals surface area contributed by atoms with E-state index in [0.29, 0.717) is 5.92 Å². The first-order valence-electron chi connectivity index (χ1n) is 12.4. The lowest BCUT2D eigenvalue weighted by molar-refractivity contribution is -0.129. The van der Waals surface area contributed by atoms with Crippen LogP contribution in [0.4, 0.5) is 10.1 Å². The maximum atomic E-state index is 13.8. The molecule has 4 nitrogen and oxygen atoms in total. The largest absolute Gasteiger partial charge is 0.356 e. The highest BCUT2D eigenvalue weighted by atomic mass is 32.2. The minimum Gasteiger partial charge on any atom is -0.356 e. The van der Waals surface area contributed by atoms with Gasteiger partial charge in [-0.3, -0.25) is 4.79 Å². The average molecular weight is 490 g/mol. The molecule has 35 heavy (non-hydrogen) atoms. The minimum atomic E-state index is -0.250. The Labute approximate surface area is 211 Å². The van der Waals surface area contributed by atoms with Crippen LogP contribution >= 0.6 is 11.8 Å². The van der Waals surface area contributed by atoms with E-state index in [1.54, 1.807) is 23.9 Å². The van der Waals surface area contributed by atoms with Crippen LogP contribution in [0.15, 0.2) is 65.6 Å². The quantitative estimate of drug-likeness (QED) is 0.388. The maximum absolute atomic E-state index is 13.8. The lowest BCUT2D eigenvalue weighted by atomic mass is 9.85. The van der Waals surface area contributed by atoms with Crippen LogP contribution in [0.5, 0.6) is 0 Å². The number of anilines is 1. The SMILES string of the molecule is Cc1cc(/C=C2\SC(Nc3ccccc3)N([C@@H]3CCCC[C@@H]3C)C2=O)c(C)n1-c1ccc(F)cc1. The first kappa shape index (κ1) is 23.7. The van der Waals surface area contributed by atoms with Crippen LogP contribution in [0, 0.1) is 25.6 Å². The van der Waals surface area contributed by atoms with E-state index in [1.165, 1.54) is 25.0 Å². The highest BCUT2D eigenvalue weighted by Gasteiger charge is 2.43. The number of halogens is 1. The van der Waals surface area contributed by atoms with E-state index >= 15 is 0 Å². The van der Waals surface area contributed by atoms with Crippen molar-refractivity contribution in [2.24, 2.45) is 5.92 Å². The molecular weight excluding hydrogens is 457 g/mol. The Morgan fingerprint density at radius 2 is 1.74 bits per heavy atom. The van der Waals surface area contributed by atoms with Crippen LogP contribution in [0.3, 0.4) is 0 Å². The van der Waals surface area contributed by atoms with Gasteiger partial charge in [0.15, 0.2) is 5.50 Å². The molecule has 2 aromatic carbocycles. The third-order valence-electron chi connectivity index (χ3n) is 7.27. The second-order valence-electron chi connectivity index (χ2n) is 9.67. The highest BCUT2D eigenvalue weighted by molar-refractivity contribution is 8.05. The summed E-state index contributed by atoms with van der Waals surface area (Å²) >= 11 is 1.60. The van der Waals surface area contributed by atoms with E-state index in [9.17, 15) is 9.18 Å². The Morgan fingerprint density at radius 1 is 1.03 bits per heavy atom. The Morgan fingerprint density at radius 3 is 2.46 bits per heavy atom. The number of amides is 1. The molecule has 5 rings (SSSR count). The van der Waals surface area contributed by atoms with Crippen LogP contribution < -0.4 is 5.32 Å². The number of nitrogens with one attached hydrogen (secondary N) is 1. The molecule has 2 aliphatic rings. The van der Waals surface area contributed by atoms with E-state index < -0.39 is 0 Å². The summed E-state index contributed by atoms with van der Waals surface area (Å²) < 4.78 is 15.6. The summed E-state index contributed by atoms with van der Waals surface area (Å²) in [7, 11) is 0. The summed E-state index contributed by atoms with van der Waals surface area (Å²) in [6.45, 7) is 6.37. The number of nitrogens with zero attached hydrogens (tertiary/aromatic N) is 2. The van der Waals surface area contributed by atoms with E-state index in [0.717, 1.165) is 46.1 Å². The van der Waals surface area contributed by atoms with Crippen LogP contribution in [-0.2, 0) is 4.79 Å². The second-order valence-corrected chi connectivity index (χ2v) is 10.8. The molecule has 182 valence electrons. The molecule has 1 aliphatic heterocycles. The van der Waals surface area contributed by atoms with Gasteiger partial charge in [-0.25, -0.2) is 4.39 Å². The minimum absolute atomic E-state index is 0.105. The normalized spacial score (nSPS) is 23.8. The number of carbonyl (C=O) groups excluding carboxylic acids is 1. The molecule has 1 saturated carbocycles. The van der Waals surface area contributed by atoms with Gasteiger partial charge >= 0.3 is 0 Å². The second kappa shape index (κ2) is 9.94. The lowest BCUT2D eigenvalue weighted by Gasteiger charge is -2.39. The van der Waals surface area contributed by atoms with Gasteiger partial charge in [0.1, 0.15) is 5.82 Å². The van der Waals surface area contributed by atoms with Crippen molar-refractivity contribution in [3.63, 3.8) is 0 Å². The van der Waals surface area contributed by atoms with Crippen LogP contribution in [0.1, 0.15) is 49.6 Å². The molecular formula is C29H32FN3OS. The molecule has 1 N–H and O–H groups in total. The number of hydrogen-bond acceptors (Lipinski definition) is 3. The van der Waals surface area contributed by atoms with Crippen LogP contribution in [0.2, 0.25) is 0 Å². The summed E-state index contributed by atoms with van der Waals surface area (Å²) in [5.41, 5.74) is 4.89. The van der Waals surface area contributed by atoms with Gasteiger partial charge < -0.3 is 14.8 Å². The maximum Gasteiger partial charge on any atom is 0.262 e. The molecule has 1 amide bonds. The van der Waals surface area contributed by atoms with Gasteiger partial charge in [0.05, 0.1) is 4.91 Å². The zero-order chi connectivity index (χ0) is 24.5. The summed E-state index contributed by atoms with van der Waals surface area (Å²) in [6, 6.07) is 19.0. The van der Waals surface area contributed by atoms with Gasteiger partial charge in [0, 0.05) is 28.8 Å². The predicted octanol–water partition coefficient (Wildman–Crippen LogP) is 7.12. The Balaban J connectivity index is 1.49. The molecule has 1 aromatic heterocycles. The molecule has 0 bridgehead atoms. The Kier molecular flexibility index (Phi) is 6.74. The first-order chi connectivity index (χ1) is 16.9. The van der Waals surface area contributed by atoms with Gasteiger partial charge in [-0.2, -0.15) is 0 Å². The molecule has 2 heterocycles. The van der Waals surface area contributed by atoms with Gasteiger partial charge in [0.2, 0.25) is 0 Å². The fourth-order valence-electron chi connectivity index (χ4n) is 5.43.